The van der Waals surface area contributed by atoms with Crippen LogP contribution in [-0.4, -0.2) is 162 Å². The molecule has 0 saturated carbocycles. The molecule has 0 unspecified atom stereocenters. The van der Waals surface area contributed by atoms with E-state index < -0.39 is 108 Å². The Morgan fingerprint density at radius 2 is 1.62 bits per heavy atom. The number of ether oxygens (including phenoxy) is 3. The number of anilines is 1. The van der Waals surface area contributed by atoms with Crippen LogP contribution in [0.3, 0.4) is 0 Å². The molecule has 1 amide bonds. The number of aromatic nitrogens is 3. The van der Waals surface area contributed by atoms with Crippen LogP contribution in [0.25, 0.3) is 5.57 Å². The molecule has 2 fully saturated rings. The molecule has 5 rings (SSSR count). The second-order valence-electron chi connectivity index (χ2n) is 13.2. The summed E-state index contributed by atoms with van der Waals surface area (Å²) in [6.07, 6.45) is -15.5. The largest absolute Gasteiger partial charge is 1.00 e. The van der Waals surface area contributed by atoms with Gasteiger partial charge in [-0.15, -0.1) is 5.10 Å². The van der Waals surface area contributed by atoms with Crippen LogP contribution in [0, 0.1) is 34.0 Å². The van der Waals surface area contributed by atoms with E-state index in [1.54, 1.807) is 29.2 Å². The van der Waals surface area contributed by atoms with Gasteiger partial charge < -0.3 is 59.4 Å². The number of allylic oxidation sites excluding steroid dienone is 2. The van der Waals surface area contributed by atoms with Gasteiger partial charge in [0, 0.05) is 24.5 Å². The average molecular weight is 839 g/mol. The van der Waals surface area contributed by atoms with Gasteiger partial charge >= 0.3 is 29.6 Å². The Morgan fingerprint density at radius 1 is 0.966 bits per heavy atom. The molecule has 10 atom stereocenters. The number of hydrogen-bond donors (Lipinski definition) is 7. The molecule has 0 bridgehead atoms. The van der Waals surface area contributed by atoms with E-state index >= 15 is 0 Å². The summed E-state index contributed by atoms with van der Waals surface area (Å²) in [6, 6.07) is 11.6. The number of carbonyl (C=O) groups excluding carboxylic acids is 1. The Kier molecular flexibility index (Phi) is 16.0. The summed E-state index contributed by atoms with van der Waals surface area (Å²) in [4.78, 5) is 16.8. The Hall–Kier alpha value is -3.91. The molecule has 0 radical (unpaired) electrons. The van der Waals surface area contributed by atoms with E-state index in [4.69, 9.17) is 14.2 Å². The molecular weight excluding hydrogens is 799 g/mol. The zero-order chi connectivity index (χ0) is 41.8. The zero-order valence-electron chi connectivity index (χ0n) is 31.1. The van der Waals surface area contributed by atoms with Crippen LogP contribution in [0.15, 0.2) is 47.3 Å². The molecule has 0 aliphatic carbocycles. The summed E-state index contributed by atoms with van der Waals surface area (Å²) in [6.45, 7) is 0.474. The van der Waals surface area contributed by atoms with E-state index in [2.05, 4.69) is 10.3 Å². The van der Waals surface area contributed by atoms with Gasteiger partial charge in [-0.2, -0.15) is 15.8 Å². The quantitative estimate of drug-likeness (QED) is 0.0528. The zero-order valence-corrected chi connectivity index (χ0v) is 33.9. The summed E-state index contributed by atoms with van der Waals surface area (Å²) < 4.78 is 50.8. The second kappa shape index (κ2) is 19.9. The van der Waals surface area contributed by atoms with Crippen molar-refractivity contribution < 1.29 is 97.3 Å². The van der Waals surface area contributed by atoms with Gasteiger partial charge in [0.25, 0.3) is 5.91 Å². The average Bonchev–Trinajstić information content (AvgIpc) is 3.77. The van der Waals surface area contributed by atoms with Crippen molar-refractivity contribution >= 4 is 27.3 Å². The second-order valence-corrected chi connectivity index (χ2v) is 14.7. The predicted molar refractivity (Wildman–Crippen MR) is 187 cm³/mol. The standard InChI is InChI=1S/C34H40N8O14S.Na/c1-2-40(8-3-9-57(51,52)53)20-6-4-17(5-7-20)24-21(12-37)25(18(10-35)11-36)41(32(24)50)13-19-14-42(39-38-19)33-29(48)28(47)31(23(16-44)54-33)56-34-30(49)27(46)26(45)22(15-43)55-34;/h4-7,14,22-23,26-31,33-34,43-49H,2-3,8-9,13,15-16H2,1H3,(H,51,52,53);/q;+1/p-1/t22-,23-,26-,27+,28-,29-,30-,31-,33-,34-;/m1./s1. The topological polar surface area (TPSA) is 352 Å². The number of carbonyl (C=O) groups is 1. The Balaban J connectivity index is 0.00000744. The van der Waals surface area contributed by atoms with E-state index in [0.717, 1.165) is 9.58 Å². The summed E-state index contributed by atoms with van der Waals surface area (Å²) in [5, 5.41) is 110. The van der Waals surface area contributed by atoms with Crippen LogP contribution in [-0.2, 0) is 35.7 Å². The minimum absolute atomic E-state index is 0. The number of aliphatic hydroxyl groups is 7. The fraction of sp³-hybridized carbons (Fsp3) is 0.529. The van der Waals surface area contributed by atoms with Crippen molar-refractivity contribution in [2.75, 3.05) is 37.0 Å². The third-order valence-corrected chi connectivity index (χ3v) is 10.4. The molecule has 2 aromatic rings. The first-order valence-electron chi connectivity index (χ1n) is 17.4. The number of nitriles is 3. The van der Waals surface area contributed by atoms with Gasteiger partial charge in [0.15, 0.2) is 18.1 Å². The number of rotatable bonds is 14. The van der Waals surface area contributed by atoms with Crippen molar-refractivity contribution in [3.63, 3.8) is 0 Å². The van der Waals surface area contributed by atoms with Gasteiger partial charge in [-0.05, 0) is 31.0 Å². The number of nitrogens with zero attached hydrogens (tertiary/aromatic N) is 8. The van der Waals surface area contributed by atoms with Crippen LogP contribution >= 0.6 is 0 Å². The first-order valence-corrected chi connectivity index (χ1v) is 19.0. The maximum atomic E-state index is 14.0. The number of hydrogen-bond acceptors (Lipinski definition) is 20. The molecule has 3 aliphatic heterocycles. The van der Waals surface area contributed by atoms with E-state index in [-0.39, 0.29) is 70.6 Å². The number of aliphatic hydroxyl groups excluding tert-OH is 7. The van der Waals surface area contributed by atoms with E-state index in [0.29, 0.717) is 12.2 Å². The number of benzene rings is 1. The van der Waals surface area contributed by atoms with Gasteiger partial charge in [-0.3, -0.25) is 9.69 Å². The molecule has 24 heteroatoms. The summed E-state index contributed by atoms with van der Waals surface area (Å²) in [7, 11) is -4.40. The van der Waals surface area contributed by atoms with Crippen LogP contribution < -0.4 is 34.5 Å². The summed E-state index contributed by atoms with van der Waals surface area (Å²) in [5.74, 6) is -1.32. The molecule has 3 aliphatic rings. The molecule has 306 valence electrons. The Bertz CT molecular complexity index is 2080. The van der Waals surface area contributed by atoms with Gasteiger partial charge in [-0.1, -0.05) is 17.3 Å². The van der Waals surface area contributed by atoms with E-state index in [9.17, 15) is 69.3 Å². The fourth-order valence-corrected chi connectivity index (χ4v) is 7.20. The van der Waals surface area contributed by atoms with Crippen molar-refractivity contribution in [3.8, 4) is 18.2 Å². The minimum Gasteiger partial charge on any atom is -0.748 e. The maximum Gasteiger partial charge on any atom is 1.00 e. The summed E-state index contributed by atoms with van der Waals surface area (Å²) in [5.41, 5.74) is -0.407. The van der Waals surface area contributed by atoms with E-state index in [1.165, 1.54) is 18.3 Å². The third-order valence-electron chi connectivity index (χ3n) is 9.63. The van der Waals surface area contributed by atoms with Gasteiger partial charge in [0.1, 0.15) is 72.7 Å². The molecule has 22 nitrogen and oxygen atoms in total. The van der Waals surface area contributed by atoms with Gasteiger partial charge in [0.2, 0.25) is 0 Å². The van der Waals surface area contributed by atoms with Crippen LogP contribution in [0.4, 0.5) is 5.69 Å². The van der Waals surface area contributed by atoms with Gasteiger partial charge in [0.05, 0.1) is 52.9 Å². The molecule has 58 heavy (non-hydrogen) atoms. The molecule has 1 aromatic carbocycles. The minimum atomic E-state index is -4.40. The fourth-order valence-electron chi connectivity index (χ4n) is 6.72. The first-order chi connectivity index (χ1) is 27.1. The normalized spacial score (nSPS) is 28.7. The molecule has 4 heterocycles. The maximum absolute atomic E-state index is 14.0. The number of amides is 1. The van der Waals surface area contributed by atoms with Gasteiger partial charge in [-0.25, -0.2) is 13.1 Å². The molecule has 7 N–H and O–H groups in total. The van der Waals surface area contributed by atoms with Crippen molar-refractivity contribution in [1.82, 2.24) is 19.9 Å². The smallest absolute Gasteiger partial charge is 0.748 e. The van der Waals surface area contributed by atoms with Crippen LogP contribution in [0.5, 0.6) is 0 Å². The SMILES string of the molecule is CCN(CCCS(=O)(=O)[O-])c1ccc(C2=C(C#N)C(=C(C#N)C#N)N(Cc3cn([C@@H]4O[C@H](CO)[C@@H](O[C@H]5O[C@H](CO)[C@@H](O)[C@H](O)[C@H]5O)[C@H](O)[C@H]4O)nn3)C2=O)cc1.[Na+]. The van der Waals surface area contributed by atoms with Crippen molar-refractivity contribution in [3.05, 3.63) is 58.6 Å². The summed E-state index contributed by atoms with van der Waals surface area (Å²) >= 11 is 0. The molecule has 1 aromatic heterocycles. The van der Waals surface area contributed by atoms with Crippen molar-refractivity contribution in [1.29, 1.82) is 15.8 Å². The van der Waals surface area contributed by atoms with Crippen molar-refractivity contribution in [2.24, 2.45) is 0 Å². The monoisotopic (exact) mass is 838 g/mol. The third kappa shape index (κ3) is 9.75. The van der Waals surface area contributed by atoms with Crippen LogP contribution in [0.1, 0.15) is 30.8 Å². The van der Waals surface area contributed by atoms with Crippen LogP contribution in [0.2, 0.25) is 0 Å². The molecule has 2 saturated heterocycles. The molecular formula is C34H39N8NaO14S. The Morgan fingerprint density at radius 3 is 2.19 bits per heavy atom. The van der Waals surface area contributed by atoms with E-state index in [1.807, 2.05) is 13.0 Å². The Labute approximate surface area is 353 Å². The van der Waals surface area contributed by atoms with Crippen molar-refractivity contribution in [2.45, 2.75) is 81.2 Å². The first kappa shape index (κ1) is 46.8. The predicted octanol–water partition coefficient (Wildman–Crippen LogP) is -6.54. The molecule has 0 spiro atoms.